The van der Waals surface area contributed by atoms with E-state index < -0.39 is 0 Å². The Balaban J connectivity index is 1.55. The molecule has 1 fully saturated rings. The van der Waals surface area contributed by atoms with Crippen molar-refractivity contribution in [2.45, 2.75) is 64.7 Å². The van der Waals surface area contributed by atoms with Gasteiger partial charge < -0.3 is 24.2 Å². The molecule has 0 unspecified atom stereocenters. The number of ether oxygens (including phenoxy) is 1. The fraction of sp³-hybridized carbons (Fsp3) is 0.545. The van der Waals surface area contributed by atoms with Crippen molar-refractivity contribution in [2.75, 3.05) is 33.3 Å². The van der Waals surface area contributed by atoms with E-state index in [4.69, 9.17) is 4.74 Å². The van der Waals surface area contributed by atoms with E-state index >= 15 is 0 Å². The van der Waals surface area contributed by atoms with Crippen LogP contribution < -0.4 is 0 Å². The van der Waals surface area contributed by atoms with Crippen molar-refractivity contribution in [2.24, 2.45) is 18.9 Å². The topological polar surface area (TPSA) is 57.9 Å². The number of nitrogens with zero attached hydrogens (tertiary/aromatic N) is 3. The molecule has 210 valence electrons. The number of aromatic nitrogens is 1. The third-order valence-electron chi connectivity index (χ3n) is 9.01. The molecular weight excluding hydrogens is 486 g/mol. The predicted molar refractivity (Wildman–Crippen MR) is 158 cm³/mol. The van der Waals surface area contributed by atoms with Crippen molar-refractivity contribution < 1.29 is 14.6 Å². The number of aliphatic hydroxyl groups is 1. The second kappa shape index (κ2) is 12.2. The number of likely N-dealkylation sites (N-methyl/N-ethyl adjacent to an activating group) is 1. The molecule has 0 radical (unpaired) electrons. The monoisotopic (exact) mass is 531 g/mol. The molecule has 1 aromatic heterocycles. The predicted octanol–water partition coefficient (Wildman–Crippen LogP) is 5.72. The lowest BCUT2D eigenvalue weighted by molar-refractivity contribution is -0.0253. The molecular formula is C33H45N3O3. The average Bonchev–Trinajstić information content (AvgIpc) is 3.24. The molecule has 6 nitrogen and oxygen atoms in total. The second-order valence-electron chi connectivity index (χ2n) is 12.0. The molecule has 3 atom stereocenters. The van der Waals surface area contributed by atoms with Crippen molar-refractivity contribution in [3.8, 4) is 11.1 Å². The van der Waals surface area contributed by atoms with Gasteiger partial charge in [0, 0.05) is 49.1 Å². The standard InChI is InChI=1S/C33H45N3O3/c1-23-18-36(24(2)21-37)33(38)32-31(28-16-10-11-17-29(28)35(32)4)27-15-9-8-14-26(27)22-39-30(23)20-34(3)19-25-12-6-5-7-13-25/h8-11,14-17,23-25,30,37H,5-7,12-13,18-22H2,1-4H3/t23-,24-,30-/m1/s1. The van der Waals surface area contributed by atoms with E-state index in [1.807, 2.05) is 41.6 Å². The zero-order valence-corrected chi connectivity index (χ0v) is 24.1. The van der Waals surface area contributed by atoms with E-state index in [0.29, 0.717) is 18.8 Å². The van der Waals surface area contributed by atoms with Crippen LogP contribution in [-0.2, 0) is 18.4 Å². The number of aryl methyl sites for hydroxylation is 1. The second-order valence-corrected chi connectivity index (χ2v) is 12.0. The highest BCUT2D eigenvalue weighted by molar-refractivity contribution is 6.10. The Kier molecular flexibility index (Phi) is 8.75. The van der Waals surface area contributed by atoms with Gasteiger partial charge >= 0.3 is 0 Å². The molecule has 0 bridgehead atoms. The molecule has 1 amide bonds. The molecule has 2 aliphatic rings. The van der Waals surface area contributed by atoms with Gasteiger partial charge in [-0.05, 0) is 49.9 Å². The zero-order valence-electron chi connectivity index (χ0n) is 24.1. The highest BCUT2D eigenvalue weighted by Crippen LogP contribution is 2.38. The number of amides is 1. The van der Waals surface area contributed by atoms with Crippen LogP contribution in [0.4, 0.5) is 0 Å². The SMILES string of the molecule is C[C@@H]1CN([C@H](C)CO)C(=O)c2c(c3ccccc3n2C)-c2ccccc2CO[C@@H]1CN(C)CC1CCCCC1. The van der Waals surface area contributed by atoms with Crippen LogP contribution in [0, 0.1) is 11.8 Å². The minimum Gasteiger partial charge on any atom is -0.394 e. The molecule has 1 aliphatic heterocycles. The molecule has 3 aromatic rings. The normalized spacial score (nSPS) is 22.0. The fourth-order valence-corrected chi connectivity index (χ4v) is 6.72. The summed E-state index contributed by atoms with van der Waals surface area (Å²) in [5.41, 5.74) is 4.78. The Bertz CT molecular complexity index is 1280. The van der Waals surface area contributed by atoms with Gasteiger partial charge in [0.2, 0.25) is 0 Å². The maximum atomic E-state index is 14.4. The van der Waals surface area contributed by atoms with Crippen molar-refractivity contribution in [1.82, 2.24) is 14.4 Å². The molecule has 2 heterocycles. The Morgan fingerprint density at radius 1 is 1.05 bits per heavy atom. The Morgan fingerprint density at radius 3 is 2.54 bits per heavy atom. The number of carbonyl (C=O) groups excluding carboxylic acids is 1. The highest BCUT2D eigenvalue weighted by Gasteiger charge is 2.33. The minimum atomic E-state index is -0.303. The summed E-state index contributed by atoms with van der Waals surface area (Å²) in [7, 11) is 4.19. The van der Waals surface area contributed by atoms with E-state index in [2.05, 4.69) is 49.2 Å². The largest absolute Gasteiger partial charge is 0.394 e. The summed E-state index contributed by atoms with van der Waals surface area (Å²) in [6, 6.07) is 16.3. The van der Waals surface area contributed by atoms with Gasteiger partial charge in [-0.25, -0.2) is 0 Å². The van der Waals surface area contributed by atoms with Crippen molar-refractivity contribution in [3.63, 3.8) is 0 Å². The third-order valence-corrected chi connectivity index (χ3v) is 9.01. The summed E-state index contributed by atoms with van der Waals surface area (Å²) in [6.07, 6.45) is 6.66. The van der Waals surface area contributed by atoms with Gasteiger partial charge in [0.15, 0.2) is 0 Å². The average molecular weight is 532 g/mol. The molecule has 1 aliphatic carbocycles. The number of carbonyl (C=O) groups is 1. The van der Waals surface area contributed by atoms with Gasteiger partial charge in [-0.2, -0.15) is 0 Å². The minimum absolute atomic E-state index is 0.0363. The van der Waals surface area contributed by atoms with Crippen LogP contribution in [0.1, 0.15) is 62.0 Å². The van der Waals surface area contributed by atoms with Gasteiger partial charge in [0.25, 0.3) is 5.91 Å². The van der Waals surface area contributed by atoms with Crippen LogP contribution in [0.25, 0.3) is 22.0 Å². The lowest BCUT2D eigenvalue weighted by atomic mass is 9.89. The Labute approximate surface area is 233 Å². The van der Waals surface area contributed by atoms with Gasteiger partial charge in [-0.15, -0.1) is 0 Å². The lowest BCUT2D eigenvalue weighted by Crippen LogP contribution is -2.47. The zero-order chi connectivity index (χ0) is 27.5. The van der Waals surface area contributed by atoms with E-state index in [1.165, 1.54) is 32.1 Å². The third kappa shape index (κ3) is 5.79. The van der Waals surface area contributed by atoms with Crippen LogP contribution in [0.2, 0.25) is 0 Å². The maximum absolute atomic E-state index is 14.4. The first-order valence-electron chi connectivity index (χ1n) is 14.8. The first kappa shape index (κ1) is 27.9. The first-order chi connectivity index (χ1) is 18.9. The number of hydrogen-bond donors (Lipinski definition) is 1. The molecule has 0 saturated heterocycles. The van der Waals surface area contributed by atoms with Crippen molar-refractivity contribution >= 4 is 16.8 Å². The molecule has 2 aromatic carbocycles. The Morgan fingerprint density at radius 2 is 1.77 bits per heavy atom. The summed E-state index contributed by atoms with van der Waals surface area (Å²) >= 11 is 0. The van der Waals surface area contributed by atoms with Crippen molar-refractivity contribution in [1.29, 1.82) is 0 Å². The maximum Gasteiger partial charge on any atom is 0.271 e. The van der Waals surface area contributed by atoms with Gasteiger partial charge in [-0.3, -0.25) is 4.79 Å². The summed E-state index contributed by atoms with van der Waals surface area (Å²) in [6.45, 7) is 6.99. The van der Waals surface area contributed by atoms with E-state index in [1.54, 1.807) is 0 Å². The van der Waals surface area contributed by atoms with E-state index in [9.17, 15) is 9.90 Å². The van der Waals surface area contributed by atoms with Crippen LogP contribution in [0.15, 0.2) is 48.5 Å². The smallest absolute Gasteiger partial charge is 0.271 e. The van der Waals surface area contributed by atoms with Crippen LogP contribution in [-0.4, -0.2) is 70.8 Å². The van der Waals surface area contributed by atoms with Crippen molar-refractivity contribution in [3.05, 3.63) is 59.8 Å². The molecule has 39 heavy (non-hydrogen) atoms. The Hall–Kier alpha value is -2.67. The molecule has 0 spiro atoms. The van der Waals surface area contributed by atoms with Gasteiger partial charge in [0.05, 0.1) is 25.4 Å². The summed E-state index contributed by atoms with van der Waals surface area (Å²) < 4.78 is 8.78. The number of aliphatic hydroxyl groups excluding tert-OH is 1. The van der Waals surface area contributed by atoms with Crippen LogP contribution in [0.3, 0.4) is 0 Å². The number of fused-ring (bicyclic) bond motifs is 5. The first-order valence-corrected chi connectivity index (χ1v) is 14.8. The molecule has 5 rings (SSSR count). The van der Waals surface area contributed by atoms with Gasteiger partial charge in [-0.1, -0.05) is 68.7 Å². The quantitative estimate of drug-likeness (QED) is 0.442. The lowest BCUT2D eigenvalue weighted by Gasteiger charge is -2.36. The summed E-state index contributed by atoms with van der Waals surface area (Å²) in [5, 5.41) is 11.3. The molecule has 6 heteroatoms. The molecule has 1 saturated carbocycles. The van der Waals surface area contributed by atoms with E-state index in [-0.39, 0.29) is 30.6 Å². The summed E-state index contributed by atoms with van der Waals surface area (Å²) in [4.78, 5) is 18.8. The van der Waals surface area contributed by atoms with Crippen LogP contribution >= 0.6 is 0 Å². The number of rotatable bonds is 6. The van der Waals surface area contributed by atoms with Crippen LogP contribution in [0.5, 0.6) is 0 Å². The fourth-order valence-electron chi connectivity index (χ4n) is 6.72. The number of hydrogen-bond acceptors (Lipinski definition) is 4. The summed E-state index contributed by atoms with van der Waals surface area (Å²) in [5.74, 6) is 0.820. The van der Waals surface area contributed by atoms with Gasteiger partial charge in [0.1, 0.15) is 5.69 Å². The number of para-hydroxylation sites is 1. The highest BCUT2D eigenvalue weighted by atomic mass is 16.5. The number of benzene rings is 2. The molecule has 1 N–H and O–H groups in total. The van der Waals surface area contributed by atoms with E-state index in [0.717, 1.165) is 46.6 Å².